The first-order chi connectivity index (χ1) is 13.4. The highest BCUT2D eigenvalue weighted by Gasteiger charge is 2.38. The van der Waals surface area contributed by atoms with Crippen LogP contribution in [0.3, 0.4) is 0 Å². The minimum absolute atomic E-state index is 0.0247. The second kappa shape index (κ2) is 7.37. The van der Waals surface area contributed by atoms with E-state index < -0.39 is 0 Å². The lowest BCUT2D eigenvalue weighted by atomic mass is 9.99. The van der Waals surface area contributed by atoms with Gasteiger partial charge >= 0.3 is 0 Å². The predicted molar refractivity (Wildman–Crippen MR) is 103 cm³/mol. The van der Waals surface area contributed by atoms with Crippen molar-refractivity contribution in [1.82, 2.24) is 20.0 Å². The van der Waals surface area contributed by atoms with Crippen molar-refractivity contribution in [1.29, 1.82) is 0 Å². The van der Waals surface area contributed by atoms with Gasteiger partial charge < -0.3 is 9.80 Å². The molecule has 28 heavy (non-hydrogen) atoms. The molecule has 1 atom stereocenters. The normalized spacial score (nSPS) is 19.4. The molecule has 1 aromatic heterocycles. The molecule has 7 heteroatoms. The molecule has 0 radical (unpaired) electrons. The Hall–Kier alpha value is -2.70. The Labute approximate surface area is 163 Å². The van der Waals surface area contributed by atoms with E-state index in [9.17, 15) is 14.0 Å². The van der Waals surface area contributed by atoms with Gasteiger partial charge in [-0.2, -0.15) is 5.10 Å². The van der Waals surface area contributed by atoms with E-state index in [0.717, 1.165) is 11.3 Å². The standard InChI is InChI=1S/C21H25FN4O2/c1-13(2)10-26-11-15(9-19(26)27)21(28)25-7-6-18-17(12-25)20(24-23-18)14-4-3-5-16(22)8-14/h3-5,8,13,15H,6-7,9-12H2,1-2H3,(H,23,24)/t15-/m1/s1. The number of carbonyl (C=O) groups excluding carboxylic acids is 2. The summed E-state index contributed by atoms with van der Waals surface area (Å²) in [6.45, 7) is 6.37. The maximum absolute atomic E-state index is 13.6. The van der Waals surface area contributed by atoms with Crippen LogP contribution in [0, 0.1) is 17.7 Å². The smallest absolute Gasteiger partial charge is 0.228 e. The highest BCUT2D eigenvalue weighted by Crippen LogP contribution is 2.30. The van der Waals surface area contributed by atoms with E-state index in [4.69, 9.17) is 0 Å². The third-order valence-corrected chi connectivity index (χ3v) is 5.49. The fraction of sp³-hybridized carbons (Fsp3) is 0.476. The molecule has 0 aliphatic carbocycles. The Kier molecular flexibility index (Phi) is 4.91. The summed E-state index contributed by atoms with van der Waals surface area (Å²) in [5, 5.41) is 7.40. The summed E-state index contributed by atoms with van der Waals surface area (Å²) in [5.41, 5.74) is 3.32. The molecule has 2 amide bonds. The molecule has 148 valence electrons. The van der Waals surface area contributed by atoms with Crippen molar-refractivity contribution >= 4 is 11.8 Å². The van der Waals surface area contributed by atoms with Crippen LogP contribution in [-0.4, -0.2) is 51.4 Å². The molecule has 6 nitrogen and oxygen atoms in total. The molecular formula is C21H25FN4O2. The number of carbonyl (C=O) groups is 2. The Morgan fingerprint density at radius 2 is 2.21 bits per heavy atom. The Balaban J connectivity index is 1.51. The maximum Gasteiger partial charge on any atom is 0.228 e. The van der Waals surface area contributed by atoms with Crippen LogP contribution in [-0.2, 0) is 22.6 Å². The van der Waals surface area contributed by atoms with Crippen LogP contribution in [0.2, 0.25) is 0 Å². The zero-order chi connectivity index (χ0) is 19.8. The quantitative estimate of drug-likeness (QED) is 0.881. The molecule has 0 bridgehead atoms. The van der Waals surface area contributed by atoms with E-state index >= 15 is 0 Å². The van der Waals surface area contributed by atoms with Crippen molar-refractivity contribution in [3.8, 4) is 11.3 Å². The summed E-state index contributed by atoms with van der Waals surface area (Å²) in [5.74, 6) is -0.120. The number of aromatic nitrogens is 2. The number of likely N-dealkylation sites (tertiary alicyclic amines) is 1. The van der Waals surface area contributed by atoms with Crippen molar-refractivity contribution in [2.75, 3.05) is 19.6 Å². The van der Waals surface area contributed by atoms with Crippen LogP contribution < -0.4 is 0 Å². The number of amides is 2. The van der Waals surface area contributed by atoms with E-state index in [1.807, 2.05) is 11.0 Å². The number of H-pyrrole nitrogens is 1. The zero-order valence-corrected chi connectivity index (χ0v) is 16.2. The fourth-order valence-corrected chi connectivity index (χ4v) is 4.17. The van der Waals surface area contributed by atoms with E-state index in [-0.39, 0.29) is 30.0 Å². The molecule has 0 saturated carbocycles. The highest BCUT2D eigenvalue weighted by molar-refractivity contribution is 5.89. The van der Waals surface area contributed by atoms with Crippen LogP contribution in [0.4, 0.5) is 4.39 Å². The molecule has 1 saturated heterocycles. The van der Waals surface area contributed by atoms with Crippen molar-refractivity contribution in [3.05, 3.63) is 41.3 Å². The zero-order valence-electron chi connectivity index (χ0n) is 16.2. The fourth-order valence-electron chi connectivity index (χ4n) is 4.17. The van der Waals surface area contributed by atoms with Crippen LogP contribution in [0.15, 0.2) is 24.3 Å². The summed E-state index contributed by atoms with van der Waals surface area (Å²) in [7, 11) is 0. The monoisotopic (exact) mass is 384 g/mol. The number of hydrogen-bond donors (Lipinski definition) is 1. The van der Waals surface area contributed by atoms with Gasteiger partial charge in [-0.05, 0) is 18.1 Å². The van der Waals surface area contributed by atoms with E-state index in [1.165, 1.54) is 12.1 Å². The van der Waals surface area contributed by atoms with E-state index in [2.05, 4.69) is 24.0 Å². The summed E-state index contributed by atoms with van der Waals surface area (Å²) in [6, 6.07) is 6.33. The first-order valence-electron chi connectivity index (χ1n) is 9.81. The Morgan fingerprint density at radius 3 is 2.96 bits per heavy atom. The predicted octanol–water partition coefficient (Wildman–Crippen LogP) is 2.61. The molecule has 2 aliphatic rings. The van der Waals surface area contributed by atoms with Gasteiger partial charge in [-0.3, -0.25) is 14.7 Å². The van der Waals surface area contributed by atoms with Gasteiger partial charge in [0.1, 0.15) is 5.82 Å². The van der Waals surface area contributed by atoms with E-state index in [1.54, 1.807) is 11.0 Å². The second-order valence-corrected chi connectivity index (χ2v) is 8.14. The largest absolute Gasteiger partial charge is 0.342 e. The molecule has 2 aliphatic heterocycles. The van der Waals surface area contributed by atoms with Crippen LogP contribution in [0.5, 0.6) is 0 Å². The average molecular weight is 384 g/mol. The van der Waals surface area contributed by atoms with Gasteiger partial charge in [0.05, 0.1) is 11.6 Å². The first-order valence-corrected chi connectivity index (χ1v) is 9.81. The number of benzene rings is 1. The van der Waals surface area contributed by atoms with Gasteiger partial charge in [-0.25, -0.2) is 4.39 Å². The summed E-state index contributed by atoms with van der Waals surface area (Å²) in [4.78, 5) is 28.9. The van der Waals surface area contributed by atoms with Crippen molar-refractivity contribution in [2.45, 2.75) is 33.2 Å². The topological polar surface area (TPSA) is 69.3 Å². The summed E-state index contributed by atoms with van der Waals surface area (Å²) < 4.78 is 13.6. The van der Waals surface area contributed by atoms with Crippen molar-refractivity contribution < 1.29 is 14.0 Å². The second-order valence-electron chi connectivity index (χ2n) is 8.14. The molecule has 0 unspecified atom stereocenters. The molecule has 1 fully saturated rings. The number of rotatable bonds is 4. The van der Waals surface area contributed by atoms with Gasteiger partial charge in [-0.1, -0.05) is 26.0 Å². The third-order valence-electron chi connectivity index (χ3n) is 5.49. The Bertz CT molecular complexity index is 908. The van der Waals surface area contributed by atoms with Gasteiger partial charge in [0.2, 0.25) is 11.8 Å². The lowest BCUT2D eigenvalue weighted by Crippen LogP contribution is -2.40. The summed E-state index contributed by atoms with van der Waals surface area (Å²) in [6.07, 6.45) is 0.969. The number of halogens is 1. The van der Waals surface area contributed by atoms with Gasteiger partial charge in [0, 0.05) is 55.8 Å². The van der Waals surface area contributed by atoms with Crippen LogP contribution in [0.25, 0.3) is 11.3 Å². The third kappa shape index (κ3) is 3.53. The van der Waals surface area contributed by atoms with Crippen molar-refractivity contribution in [2.24, 2.45) is 11.8 Å². The molecule has 0 spiro atoms. The van der Waals surface area contributed by atoms with Crippen LogP contribution >= 0.6 is 0 Å². The molecule has 1 aromatic carbocycles. The van der Waals surface area contributed by atoms with Gasteiger partial charge in [-0.15, -0.1) is 0 Å². The molecule has 1 N–H and O–H groups in total. The van der Waals surface area contributed by atoms with E-state index in [0.29, 0.717) is 49.8 Å². The number of fused-ring (bicyclic) bond motifs is 1. The summed E-state index contributed by atoms with van der Waals surface area (Å²) >= 11 is 0. The molecule has 3 heterocycles. The number of hydrogen-bond acceptors (Lipinski definition) is 3. The van der Waals surface area contributed by atoms with Crippen molar-refractivity contribution in [3.63, 3.8) is 0 Å². The minimum atomic E-state index is -0.312. The molecule has 4 rings (SSSR count). The lowest BCUT2D eigenvalue weighted by Gasteiger charge is -2.29. The average Bonchev–Trinajstić information content (AvgIpc) is 3.24. The number of nitrogens with one attached hydrogen (secondary N) is 1. The lowest BCUT2D eigenvalue weighted by molar-refractivity contribution is -0.136. The highest BCUT2D eigenvalue weighted by atomic mass is 19.1. The molecular weight excluding hydrogens is 359 g/mol. The maximum atomic E-state index is 13.6. The first kappa shape index (κ1) is 18.7. The number of aromatic amines is 1. The Morgan fingerprint density at radius 1 is 1.39 bits per heavy atom. The van der Waals surface area contributed by atoms with Gasteiger partial charge in [0.15, 0.2) is 0 Å². The molecule has 2 aromatic rings. The van der Waals surface area contributed by atoms with Gasteiger partial charge in [0.25, 0.3) is 0 Å². The van der Waals surface area contributed by atoms with Crippen LogP contribution in [0.1, 0.15) is 31.5 Å². The SMILES string of the molecule is CC(C)CN1C[C@H](C(=O)N2CCc3[nH]nc(-c4cccc(F)c4)c3C2)CC1=O. The number of nitrogens with zero attached hydrogens (tertiary/aromatic N) is 3. The minimum Gasteiger partial charge on any atom is -0.342 e.